The van der Waals surface area contributed by atoms with Crippen molar-refractivity contribution in [1.82, 2.24) is 0 Å². The number of carboxylic acid groups (broad SMARTS) is 1. The third kappa shape index (κ3) is 1.71. The summed E-state index contributed by atoms with van der Waals surface area (Å²) in [6.07, 6.45) is -0.298. The zero-order valence-electron chi connectivity index (χ0n) is 9.59. The molecule has 0 radical (unpaired) electrons. The Balaban J connectivity index is 2.49. The second-order valence-electron chi connectivity index (χ2n) is 4.22. The van der Waals surface area contributed by atoms with E-state index < -0.39 is 6.09 Å². The molecule has 1 atom stereocenters. The quantitative estimate of drug-likeness (QED) is 0.777. The third-order valence-electron chi connectivity index (χ3n) is 2.91. The number of rotatable bonds is 1. The highest BCUT2D eigenvalue weighted by molar-refractivity contribution is 5.85. The van der Waals surface area contributed by atoms with Crippen molar-refractivity contribution in [3.63, 3.8) is 0 Å². The third-order valence-corrected chi connectivity index (χ3v) is 2.91. The predicted octanol–water partition coefficient (Wildman–Crippen LogP) is 1.38. The van der Waals surface area contributed by atoms with Crippen LogP contribution in [0, 0.1) is 13.8 Å². The molecule has 0 fully saturated rings. The molecule has 1 heterocycles. The van der Waals surface area contributed by atoms with E-state index in [1.807, 2.05) is 26.8 Å². The van der Waals surface area contributed by atoms with Gasteiger partial charge in [-0.05, 0) is 38.0 Å². The summed E-state index contributed by atoms with van der Waals surface area (Å²) < 4.78 is 5.64. The Bertz CT molecular complexity index is 454. The molecule has 0 aliphatic carbocycles. The second kappa shape index (κ2) is 3.70. The first-order chi connectivity index (χ1) is 7.49. The molecular weight excluding hydrogens is 206 g/mol. The minimum Gasteiger partial charge on any atom is -0.530 e. The van der Waals surface area contributed by atoms with Gasteiger partial charge < -0.3 is 20.0 Å². The Morgan fingerprint density at radius 3 is 2.88 bits per heavy atom. The largest absolute Gasteiger partial charge is 0.530 e. The van der Waals surface area contributed by atoms with Crippen LogP contribution < -0.4 is 15.2 Å². The molecule has 1 aromatic rings. The van der Waals surface area contributed by atoms with E-state index in [-0.39, 0.29) is 6.10 Å². The number of fused-ring (bicyclic) bond motifs is 1. The highest BCUT2D eigenvalue weighted by Gasteiger charge is 2.23. The average Bonchev–Trinajstić information content (AvgIpc) is 2.53. The van der Waals surface area contributed by atoms with Crippen LogP contribution in [0.1, 0.15) is 23.6 Å². The van der Waals surface area contributed by atoms with Gasteiger partial charge in [-0.25, -0.2) is 0 Å². The number of anilines is 1. The Morgan fingerprint density at radius 2 is 2.25 bits per heavy atom. The maximum absolute atomic E-state index is 10.6. The lowest BCUT2D eigenvalue weighted by Crippen LogP contribution is -2.29. The summed E-state index contributed by atoms with van der Waals surface area (Å²) in [5, 5.41) is 12.9. The zero-order chi connectivity index (χ0) is 11.9. The zero-order valence-corrected chi connectivity index (χ0v) is 9.59. The van der Waals surface area contributed by atoms with Crippen LogP contribution in [0.15, 0.2) is 6.07 Å². The fourth-order valence-electron chi connectivity index (χ4n) is 2.19. The van der Waals surface area contributed by atoms with Crippen molar-refractivity contribution in [2.75, 3.05) is 5.32 Å². The smallest absolute Gasteiger partial charge is 0.138 e. The lowest BCUT2D eigenvalue weighted by Gasteiger charge is -2.15. The van der Waals surface area contributed by atoms with Crippen molar-refractivity contribution in [2.24, 2.45) is 0 Å². The summed E-state index contributed by atoms with van der Waals surface area (Å²) in [5.74, 6) is 0.867. The van der Waals surface area contributed by atoms with Gasteiger partial charge in [0.1, 0.15) is 17.9 Å². The van der Waals surface area contributed by atoms with E-state index in [0.717, 1.165) is 28.9 Å². The molecule has 1 aliphatic rings. The second-order valence-corrected chi connectivity index (χ2v) is 4.22. The number of ether oxygens (including phenoxy) is 1. The fourth-order valence-corrected chi connectivity index (χ4v) is 2.19. The number of benzene rings is 1. The Labute approximate surface area is 94.2 Å². The molecule has 4 heteroatoms. The number of hydrogen-bond donors (Lipinski definition) is 1. The van der Waals surface area contributed by atoms with E-state index in [2.05, 4.69) is 5.32 Å². The number of amides is 1. The molecule has 0 saturated heterocycles. The summed E-state index contributed by atoms with van der Waals surface area (Å²) in [6.45, 7) is 5.75. The Hall–Kier alpha value is -1.71. The molecule has 4 nitrogen and oxygen atoms in total. The monoisotopic (exact) mass is 220 g/mol. The van der Waals surface area contributed by atoms with Crippen molar-refractivity contribution in [2.45, 2.75) is 33.3 Å². The van der Waals surface area contributed by atoms with Crippen molar-refractivity contribution in [3.05, 3.63) is 22.8 Å². The number of nitrogens with one attached hydrogen (secondary N) is 1. The SMILES string of the molecule is Cc1cc2c(c(C)c1NC(=O)[O-])CC(C)O2. The van der Waals surface area contributed by atoms with Crippen LogP contribution in [0.25, 0.3) is 0 Å². The van der Waals surface area contributed by atoms with Gasteiger partial charge >= 0.3 is 0 Å². The molecule has 1 unspecified atom stereocenters. The van der Waals surface area contributed by atoms with Crippen molar-refractivity contribution >= 4 is 11.8 Å². The van der Waals surface area contributed by atoms with E-state index in [9.17, 15) is 9.90 Å². The van der Waals surface area contributed by atoms with Crippen LogP contribution in [-0.4, -0.2) is 12.2 Å². The summed E-state index contributed by atoms with van der Waals surface area (Å²) in [4.78, 5) is 10.6. The molecule has 2 rings (SSSR count). The van der Waals surface area contributed by atoms with Gasteiger partial charge in [-0.3, -0.25) is 0 Å². The van der Waals surface area contributed by atoms with Crippen LogP contribution in [-0.2, 0) is 6.42 Å². The van der Waals surface area contributed by atoms with Crippen molar-refractivity contribution in [1.29, 1.82) is 0 Å². The summed E-state index contributed by atoms with van der Waals surface area (Å²) in [6, 6.07) is 1.87. The normalized spacial score (nSPS) is 17.8. The molecule has 0 bridgehead atoms. The highest BCUT2D eigenvalue weighted by atomic mass is 16.5. The molecule has 1 amide bonds. The van der Waals surface area contributed by atoms with Crippen LogP contribution >= 0.6 is 0 Å². The van der Waals surface area contributed by atoms with Crippen molar-refractivity contribution < 1.29 is 14.6 Å². The summed E-state index contributed by atoms with van der Waals surface area (Å²) in [5.41, 5.74) is 3.50. The van der Waals surface area contributed by atoms with Gasteiger partial charge in [0.2, 0.25) is 0 Å². The highest BCUT2D eigenvalue weighted by Crippen LogP contribution is 2.37. The van der Waals surface area contributed by atoms with E-state index in [0.29, 0.717) is 5.69 Å². The lowest BCUT2D eigenvalue weighted by atomic mass is 9.99. The fraction of sp³-hybridized carbons (Fsp3) is 0.417. The van der Waals surface area contributed by atoms with Gasteiger partial charge in [0.25, 0.3) is 0 Å². The van der Waals surface area contributed by atoms with E-state index in [1.54, 1.807) is 0 Å². The number of carbonyl (C=O) groups is 1. The number of aryl methyl sites for hydroxylation is 1. The van der Waals surface area contributed by atoms with E-state index in [1.165, 1.54) is 0 Å². The molecule has 1 aromatic carbocycles. The molecule has 16 heavy (non-hydrogen) atoms. The number of carbonyl (C=O) groups excluding carboxylic acids is 1. The molecule has 0 saturated carbocycles. The van der Waals surface area contributed by atoms with Crippen molar-refractivity contribution in [3.8, 4) is 5.75 Å². The lowest BCUT2D eigenvalue weighted by molar-refractivity contribution is -0.242. The minimum atomic E-state index is -1.28. The molecule has 1 N–H and O–H groups in total. The molecular formula is C12H14NO3-. The first-order valence-electron chi connectivity index (χ1n) is 5.26. The Kier molecular flexibility index (Phi) is 2.50. The van der Waals surface area contributed by atoms with Gasteiger partial charge in [0.15, 0.2) is 0 Å². The molecule has 0 spiro atoms. The van der Waals surface area contributed by atoms with Gasteiger partial charge in [-0.1, -0.05) is 0 Å². The standard InChI is InChI=1S/C12H15NO3/c1-6-4-10-9(5-7(2)16-10)8(3)11(6)13-12(14)15/h4,7,13H,5H2,1-3H3,(H,14,15)/p-1. The first-order valence-corrected chi connectivity index (χ1v) is 5.26. The first kappa shape index (κ1) is 10.8. The predicted molar refractivity (Wildman–Crippen MR) is 58.7 cm³/mol. The van der Waals surface area contributed by atoms with Gasteiger partial charge in [0.05, 0.1) is 0 Å². The minimum absolute atomic E-state index is 0.159. The van der Waals surface area contributed by atoms with Gasteiger partial charge in [0, 0.05) is 17.7 Å². The molecule has 86 valence electrons. The maximum atomic E-state index is 10.6. The summed E-state index contributed by atoms with van der Waals surface area (Å²) >= 11 is 0. The van der Waals surface area contributed by atoms with E-state index in [4.69, 9.17) is 4.74 Å². The Morgan fingerprint density at radius 1 is 1.56 bits per heavy atom. The molecule has 1 aliphatic heterocycles. The summed E-state index contributed by atoms with van der Waals surface area (Å²) in [7, 11) is 0. The topological polar surface area (TPSA) is 61.4 Å². The van der Waals surface area contributed by atoms with Crippen LogP contribution in [0.4, 0.5) is 10.5 Å². The average molecular weight is 220 g/mol. The van der Waals surface area contributed by atoms with Crippen LogP contribution in [0.2, 0.25) is 0 Å². The molecule has 0 aromatic heterocycles. The van der Waals surface area contributed by atoms with Gasteiger partial charge in [-0.2, -0.15) is 0 Å². The van der Waals surface area contributed by atoms with E-state index >= 15 is 0 Å². The van der Waals surface area contributed by atoms with Crippen LogP contribution in [0.5, 0.6) is 5.75 Å². The number of hydrogen-bond acceptors (Lipinski definition) is 3. The maximum Gasteiger partial charge on any atom is 0.138 e. The van der Waals surface area contributed by atoms with Crippen LogP contribution in [0.3, 0.4) is 0 Å². The van der Waals surface area contributed by atoms with Gasteiger partial charge in [-0.15, -0.1) is 0 Å².